The minimum atomic E-state index is -4.57. The van der Waals surface area contributed by atoms with Crippen molar-refractivity contribution in [1.82, 2.24) is 9.88 Å². The Morgan fingerprint density at radius 3 is 2.50 bits per heavy atom. The maximum atomic E-state index is 15.2. The summed E-state index contributed by atoms with van der Waals surface area (Å²) in [6.07, 6.45) is -1.65. The van der Waals surface area contributed by atoms with Gasteiger partial charge >= 0.3 is 6.18 Å². The van der Waals surface area contributed by atoms with E-state index in [0.29, 0.717) is 18.5 Å². The second kappa shape index (κ2) is 9.78. The summed E-state index contributed by atoms with van der Waals surface area (Å²) in [5.74, 6) is -0.880. The molecule has 0 N–H and O–H groups in total. The second-order valence-corrected chi connectivity index (χ2v) is 10.3. The molecule has 12 heteroatoms. The Bertz CT molecular complexity index is 1320. The number of ether oxygens (including phenoxy) is 1. The number of alkyl halides is 3. The Hall–Kier alpha value is -3.30. The Labute approximate surface area is 222 Å². The molecule has 1 aromatic heterocycles. The van der Waals surface area contributed by atoms with Crippen LogP contribution < -0.4 is 14.5 Å². The number of hydrogen-bond acceptors (Lipinski definition) is 6. The van der Waals surface area contributed by atoms with Crippen molar-refractivity contribution >= 4 is 34.6 Å². The molecule has 1 saturated carbocycles. The predicted octanol–water partition coefficient (Wildman–Crippen LogP) is 4.73. The molecule has 2 saturated heterocycles. The van der Waals surface area contributed by atoms with Crippen molar-refractivity contribution in [2.24, 2.45) is 0 Å². The maximum absolute atomic E-state index is 15.2. The fourth-order valence-corrected chi connectivity index (χ4v) is 5.75. The van der Waals surface area contributed by atoms with Crippen molar-refractivity contribution in [3.05, 3.63) is 47.5 Å². The molecule has 0 bridgehead atoms. The fraction of sp³-hybridized carbons (Fsp3) is 0.462. The summed E-state index contributed by atoms with van der Waals surface area (Å²) in [7, 11) is 2.02. The number of aromatic nitrogens is 1. The number of piperidine rings is 1. The van der Waals surface area contributed by atoms with Crippen LogP contribution in [0.25, 0.3) is 0 Å². The van der Waals surface area contributed by atoms with Crippen molar-refractivity contribution in [3.8, 4) is 11.8 Å². The van der Waals surface area contributed by atoms with Gasteiger partial charge in [0.1, 0.15) is 23.4 Å². The summed E-state index contributed by atoms with van der Waals surface area (Å²) in [5, 5.41) is 9.23. The van der Waals surface area contributed by atoms with E-state index in [4.69, 9.17) is 17.0 Å². The van der Waals surface area contributed by atoms with Crippen LogP contribution in [-0.2, 0) is 11.2 Å². The van der Waals surface area contributed by atoms with E-state index in [2.05, 4.69) is 9.88 Å². The number of amides is 1. The molecule has 2 aliphatic heterocycles. The van der Waals surface area contributed by atoms with Gasteiger partial charge in [-0.05, 0) is 75.1 Å². The van der Waals surface area contributed by atoms with Crippen molar-refractivity contribution < 1.29 is 27.1 Å². The number of anilines is 2. The van der Waals surface area contributed by atoms with Crippen LogP contribution in [0.2, 0.25) is 0 Å². The average Bonchev–Trinajstić information content (AvgIpc) is 3.07. The van der Waals surface area contributed by atoms with Crippen LogP contribution in [0.4, 0.5) is 28.9 Å². The van der Waals surface area contributed by atoms with Gasteiger partial charge in [0.05, 0.1) is 18.3 Å². The SMILES string of the molecule is CN1CCC(Oc2ccc(N3C(=S)N(c4cnc(C#N)c(CC(F)(F)F)c4)C(=O)C34CCC4)cc2F)CC1. The standard InChI is InChI=1S/C26H25F4N5O2S/c1-33-9-5-19(6-10-33)37-22-4-3-17(12-20(22)27)35-24(38)34(23(36)25(35)7-2-8-25)18-11-16(13-26(28,29)30)21(14-31)32-15-18/h3-4,11-12,15,19H,2,5-10,13H2,1H3. The highest BCUT2D eigenvalue weighted by atomic mass is 32.1. The highest BCUT2D eigenvalue weighted by Gasteiger charge is 2.59. The van der Waals surface area contributed by atoms with Crippen molar-refractivity contribution in [1.29, 1.82) is 5.26 Å². The lowest BCUT2D eigenvalue weighted by Gasteiger charge is -2.43. The molecule has 1 amide bonds. The van der Waals surface area contributed by atoms with Crippen LogP contribution >= 0.6 is 12.2 Å². The van der Waals surface area contributed by atoms with Crippen molar-refractivity contribution in [2.45, 2.75) is 56.3 Å². The highest BCUT2D eigenvalue weighted by molar-refractivity contribution is 7.81. The zero-order valence-electron chi connectivity index (χ0n) is 20.6. The molecule has 7 nitrogen and oxygen atoms in total. The molecule has 5 rings (SSSR count). The Morgan fingerprint density at radius 2 is 1.92 bits per heavy atom. The van der Waals surface area contributed by atoms with Gasteiger partial charge in [-0.15, -0.1) is 0 Å². The molecule has 0 unspecified atom stereocenters. The van der Waals surface area contributed by atoms with E-state index in [-0.39, 0.29) is 33.9 Å². The zero-order chi connectivity index (χ0) is 27.2. The van der Waals surface area contributed by atoms with Gasteiger partial charge in [0, 0.05) is 24.8 Å². The minimum Gasteiger partial charge on any atom is -0.487 e. The van der Waals surface area contributed by atoms with Gasteiger partial charge in [-0.25, -0.2) is 9.37 Å². The summed E-state index contributed by atoms with van der Waals surface area (Å²) in [6, 6.07) is 7.23. The van der Waals surface area contributed by atoms with Gasteiger partial charge in [-0.1, -0.05) is 0 Å². The lowest BCUT2D eigenvalue weighted by Crippen LogP contribution is -2.55. The molecule has 3 heterocycles. The first kappa shape index (κ1) is 26.3. The number of rotatable bonds is 5. The molecule has 1 aliphatic carbocycles. The molecule has 1 spiro atoms. The van der Waals surface area contributed by atoms with Crippen LogP contribution in [0.3, 0.4) is 0 Å². The van der Waals surface area contributed by atoms with Gasteiger partial charge in [0.15, 0.2) is 16.7 Å². The number of likely N-dealkylation sites (tertiary alicyclic amines) is 1. The number of carbonyl (C=O) groups is 1. The molecule has 3 aliphatic rings. The summed E-state index contributed by atoms with van der Waals surface area (Å²) in [5.41, 5.74) is -1.39. The predicted molar refractivity (Wildman–Crippen MR) is 135 cm³/mol. The van der Waals surface area contributed by atoms with Gasteiger partial charge in [0.2, 0.25) is 0 Å². The lowest BCUT2D eigenvalue weighted by molar-refractivity contribution is -0.127. The zero-order valence-corrected chi connectivity index (χ0v) is 21.4. The molecular formula is C26H25F4N5O2S. The van der Waals surface area contributed by atoms with Gasteiger partial charge in [-0.2, -0.15) is 18.4 Å². The fourth-order valence-electron chi connectivity index (χ4n) is 5.29. The first-order chi connectivity index (χ1) is 18.0. The summed E-state index contributed by atoms with van der Waals surface area (Å²) < 4.78 is 60.5. The summed E-state index contributed by atoms with van der Waals surface area (Å²) in [6.45, 7) is 1.73. The van der Waals surface area contributed by atoms with Crippen LogP contribution in [-0.4, -0.2) is 58.9 Å². The van der Waals surface area contributed by atoms with Gasteiger partial charge in [0.25, 0.3) is 5.91 Å². The summed E-state index contributed by atoms with van der Waals surface area (Å²) in [4.78, 5) is 22.4. The first-order valence-corrected chi connectivity index (χ1v) is 12.7. The largest absolute Gasteiger partial charge is 0.487 e. The van der Waals surface area contributed by atoms with E-state index in [0.717, 1.165) is 49.5 Å². The average molecular weight is 548 g/mol. The monoisotopic (exact) mass is 547 g/mol. The highest BCUT2D eigenvalue weighted by Crippen LogP contribution is 2.48. The lowest BCUT2D eigenvalue weighted by atomic mass is 9.75. The van der Waals surface area contributed by atoms with E-state index in [1.165, 1.54) is 12.1 Å². The summed E-state index contributed by atoms with van der Waals surface area (Å²) >= 11 is 5.64. The quantitative estimate of drug-likeness (QED) is 0.396. The molecule has 3 fully saturated rings. The van der Waals surface area contributed by atoms with E-state index in [1.807, 2.05) is 7.05 Å². The number of thiocarbonyl (C=S) groups is 1. The Morgan fingerprint density at radius 1 is 1.21 bits per heavy atom. The third kappa shape index (κ3) is 4.69. The number of carbonyl (C=O) groups excluding carboxylic acids is 1. The third-order valence-corrected chi connectivity index (χ3v) is 7.80. The van der Waals surface area contributed by atoms with E-state index in [9.17, 15) is 23.2 Å². The molecule has 200 valence electrons. The first-order valence-electron chi connectivity index (χ1n) is 12.3. The van der Waals surface area contributed by atoms with E-state index >= 15 is 4.39 Å². The van der Waals surface area contributed by atoms with Crippen LogP contribution in [0.5, 0.6) is 5.75 Å². The molecular weight excluding hydrogens is 522 g/mol. The van der Waals surface area contributed by atoms with Crippen LogP contribution in [0.15, 0.2) is 30.5 Å². The number of benzene rings is 1. The third-order valence-electron chi connectivity index (χ3n) is 7.43. The molecule has 38 heavy (non-hydrogen) atoms. The minimum absolute atomic E-state index is 0.0163. The number of hydrogen-bond donors (Lipinski definition) is 0. The number of pyridine rings is 1. The Balaban J connectivity index is 1.45. The number of nitrogens with zero attached hydrogens (tertiary/aromatic N) is 5. The molecule has 1 aromatic carbocycles. The smallest absolute Gasteiger partial charge is 0.393 e. The van der Waals surface area contributed by atoms with E-state index < -0.39 is 29.9 Å². The van der Waals surface area contributed by atoms with Crippen molar-refractivity contribution in [3.63, 3.8) is 0 Å². The normalized spacial score (nSPS) is 20.1. The second-order valence-electron chi connectivity index (χ2n) is 9.98. The molecule has 0 radical (unpaired) electrons. The number of nitriles is 1. The molecule has 0 atom stereocenters. The van der Waals surface area contributed by atoms with E-state index in [1.54, 1.807) is 17.0 Å². The van der Waals surface area contributed by atoms with Gasteiger partial charge in [-0.3, -0.25) is 9.69 Å². The van der Waals surface area contributed by atoms with Crippen molar-refractivity contribution in [2.75, 3.05) is 29.9 Å². The Kier molecular flexibility index (Phi) is 6.77. The number of halogens is 4. The maximum Gasteiger partial charge on any atom is 0.393 e. The molecule has 2 aromatic rings. The van der Waals surface area contributed by atoms with Crippen LogP contribution in [0.1, 0.15) is 43.4 Å². The topological polar surface area (TPSA) is 72.7 Å². The van der Waals surface area contributed by atoms with Gasteiger partial charge < -0.3 is 14.5 Å². The van der Waals surface area contributed by atoms with Crippen LogP contribution in [0, 0.1) is 17.1 Å².